The normalized spacial score (nSPS) is 23.7. The van der Waals surface area contributed by atoms with Gasteiger partial charge in [-0.25, -0.2) is 12.8 Å². The minimum absolute atomic E-state index is 0.0751. The van der Waals surface area contributed by atoms with Gasteiger partial charge in [0.2, 0.25) is 5.91 Å². The summed E-state index contributed by atoms with van der Waals surface area (Å²) in [5, 5.41) is 0. The van der Waals surface area contributed by atoms with Gasteiger partial charge in [-0.1, -0.05) is 15.9 Å². The van der Waals surface area contributed by atoms with E-state index in [4.69, 9.17) is 9.47 Å². The molecule has 1 heterocycles. The first-order valence-electron chi connectivity index (χ1n) is 10.3. The summed E-state index contributed by atoms with van der Waals surface area (Å²) in [7, 11) is -0.739. The third kappa shape index (κ3) is 3.41. The summed E-state index contributed by atoms with van der Waals surface area (Å²) in [5.74, 6) is -0.290. The van der Waals surface area contributed by atoms with E-state index < -0.39 is 31.8 Å². The molecule has 1 atom stereocenters. The molecule has 9 heteroatoms. The van der Waals surface area contributed by atoms with Gasteiger partial charge in [0.05, 0.1) is 32.1 Å². The Morgan fingerprint density at radius 2 is 1.84 bits per heavy atom. The lowest BCUT2D eigenvalue weighted by atomic mass is 9.80. The second-order valence-corrected chi connectivity index (χ2v) is 11.8. The fourth-order valence-electron chi connectivity index (χ4n) is 4.74. The molecule has 1 amide bonds. The van der Waals surface area contributed by atoms with Gasteiger partial charge in [-0.2, -0.15) is 0 Å². The van der Waals surface area contributed by atoms with Crippen molar-refractivity contribution < 1.29 is 27.1 Å². The van der Waals surface area contributed by atoms with Gasteiger partial charge in [-0.05, 0) is 56.5 Å². The molecule has 2 fully saturated rings. The summed E-state index contributed by atoms with van der Waals surface area (Å²) in [6.45, 7) is 1.69. The zero-order valence-corrected chi connectivity index (χ0v) is 20.6. The van der Waals surface area contributed by atoms with Crippen molar-refractivity contribution in [1.29, 1.82) is 0 Å². The first kappa shape index (κ1) is 23.0. The van der Waals surface area contributed by atoms with E-state index in [9.17, 15) is 13.2 Å². The maximum absolute atomic E-state index is 15.0. The smallest absolute Gasteiger partial charge is 0.245 e. The van der Waals surface area contributed by atoms with E-state index in [0.717, 1.165) is 0 Å². The quantitative estimate of drug-likeness (QED) is 0.584. The summed E-state index contributed by atoms with van der Waals surface area (Å²) in [5.41, 5.74) is -0.558. The van der Waals surface area contributed by atoms with Gasteiger partial charge in [0.15, 0.2) is 14.6 Å². The van der Waals surface area contributed by atoms with Crippen molar-refractivity contribution in [2.24, 2.45) is 0 Å². The molecule has 2 aromatic carbocycles. The Balaban J connectivity index is 1.88. The van der Waals surface area contributed by atoms with Crippen LogP contribution in [0.4, 0.5) is 4.39 Å². The number of benzene rings is 2. The molecule has 1 unspecified atom stereocenters. The first-order chi connectivity index (χ1) is 15.1. The third-order valence-electron chi connectivity index (χ3n) is 6.79. The predicted octanol–water partition coefficient (Wildman–Crippen LogP) is 4.20. The summed E-state index contributed by atoms with van der Waals surface area (Å²) in [6, 6.07) is 9.61. The van der Waals surface area contributed by atoms with Gasteiger partial charge < -0.3 is 14.4 Å². The molecule has 0 radical (unpaired) electrons. The number of rotatable bonds is 5. The van der Waals surface area contributed by atoms with Crippen molar-refractivity contribution in [2.75, 3.05) is 20.0 Å². The molecule has 0 bridgehead atoms. The molecule has 1 saturated carbocycles. The molecule has 1 aliphatic carbocycles. The van der Waals surface area contributed by atoms with Gasteiger partial charge >= 0.3 is 0 Å². The van der Waals surface area contributed by atoms with E-state index in [2.05, 4.69) is 15.9 Å². The number of carbonyl (C=O) groups excluding carboxylic acids is 1. The van der Waals surface area contributed by atoms with Gasteiger partial charge in [0.25, 0.3) is 0 Å². The van der Waals surface area contributed by atoms with Gasteiger partial charge in [0, 0.05) is 21.7 Å². The third-order valence-corrected chi connectivity index (χ3v) is 10.00. The summed E-state index contributed by atoms with van der Waals surface area (Å²) in [4.78, 5) is 15.3. The topological polar surface area (TPSA) is 72.9 Å². The maximum atomic E-state index is 15.0. The predicted molar refractivity (Wildman–Crippen MR) is 122 cm³/mol. The highest BCUT2D eigenvalue weighted by Crippen LogP contribution is 2.51. The summed E-state index contributed by atoms with van der Waals surface area (Å²) in [6.07, 6.45) is 1.26. The Hall–Kier alpha value is -2.13. The number of hydrogen-bond donors (Lipinski definition) is 0. The molecule has 6 nitrogen and oxygen atoms in total. The zero-order valence-electron chi connectivity index (χ0n) is 18.2. The number of amides is 1. The second kappa shape index (κ2) is 8.02. The number of methoxy groups -OCH3 is 2. The Morgan fingerprint density at radius 1 is 1.12 bits per heavy atom. The van der Waals surface area contributed by atoms with Crippen LogP contribution in [0, 0.1) is 5.82 Å². The van der Waals surface area contributed by atoms with E-state index in [0.29, 0.717) is 40.8 Å². The van der Waals surface area contributed by atoms with Crippen molar-refractivity contribution >= 4 is 31.7 Å². The summed E-state index contributed by atoms with van der Waals surface area (Å²) >= 11 is 3.35. The lowest BCUT2D eigenvalue weighted by molar-refractivity contribution is -0.144. The van der Waals surface area contributed by atoms with Gasteiger partial charge in [-0.3, -0.25) is 4.79 Å². The van der Waals surface area contributed by atoms with Crippen molar-refractivity contribution in [3.05, 3.63) is 57.8 Å². The monoisotopic (exact) mass is 525 g/mol. The van der Waals surface area contributed by atoms with Crippen LogP contribution in [0.25, 0.3) is 0 Å². The molecule has 1 spiro atoms. The molecular weight excluding hydrogens is 501 g/mol. The van der Waals surface area contributed by atoms with Gasteiger partial charge in [0.1, 0.15) is 17.3 Å². The first-order valence-corrected chi connectivity index (χ1v) is 12.7. The van der Waals surface area contributed by atoms with Crippen molar-refractivity contribution in [3.63, 3.8) is 0 Å². The molecule has 1 aliphatic heterocycles. The van der Waals surface area contributed by atoms with Crippen LogP contribution in [-0.2, 0) is 26.7 Å². The number of ether oxygens (including phenoxy) is 2. The molecule has 2 aromatic rings. The zero-order chi connectivity index (χ0) is 23.3. The summed E-state index contributed by atoms with van der Waals surface area (Å²) < 4.78 is 51.7. The average molecular weight is 526 g/mol. The second-order valence-electron chi connectivity index (χ2n) is 8.57. The van der Waals surface area contributed by atoms with Crippen LogP contribution in [0.5, 0.6) is 11.5 Å². The lowest BCUT2D eigenvalue weighted by Crippen LogP contribution is -2.69. The Morgan fingerprint density at radius 3 is 2.44 bits per heavy atom. The van der Waals surface area contributed by atoms with Crippen LogP contribution in [-0.4, -0.2) is 43.9 Å². The highest BCUT2D eigenvalue weighted by Gasteiger charge is 2.64. The lowest BCUT2D eigenvalue weighted by Gasteiger charge is -2.54. The largest absolute Gasteiger partial charge is 0.497 e. The Bertz CT molecular complexity index is 1180. The van der Waals surface area contributed by atoms with Gasteiger partial charge in [-0.15, -0.1) is 0 Å². The molecular formula is C23H25BrFNO5S. The van der Waals surface area contributed by atoms with E-state index in [1.165, 1.54) is 18.1 Å². The minimum Gasteiger partial charge on any atom is -0.497 e. The Kier molecular flexibility index (Phi) is 5.78. The van der Waals surface area contributed by atoms with E-state index in [1.54, 1.807) is 44.4 Å². The highest BCUT2D eigenvalue weighted by molar-refractivity contribution is 9.10. The molecule has 4 rings (SSSR count). The molecule has 32 heavy (non-hydrogen) atoms. The van der Waals surface area contributed by atoms with Crippen LogP contribution >= 0.6 is 15.9 Å². The van der Waals surface area contributed by atoms with Crippen molar-refractivity contribution in [3.8, 4) is 11.5 Å². The van der Waals surface area contributed by atoms with Crippen molar-refractivity contribution in [2.45, 2.75) is 43.0 Å². The number of nitrogens with zero attached hydrogens (tertiary/aromatic N) is 1. The fraction of sp³-hybridized carbons (Fsp3) is 0.435. The molecule has 0 N–H and O–H groups in total. The standard InChI is InChI=1S/C23H25BrFNO5S/c1-22(18-11-16(24)6-8-19(18)25)14-32(28,29)23(9-4-10-23)21(27)26(22)13-15-5-7-17(30-2)12-20(15)31-3/h5-8,11-12H,4,9-10,13-14H2,1-3H3. The Labute approximate surface area is 195 Å². The van der Waals surface area contributed by atoms with E-state index in [1.807, 2.05) is 0 Å². The molecule has 1 saturated heterocycles. The van der Waals surface area contributed by atoms with Crippen LogP contribution in [0.2, 0.25) is 0 Å². The number of halogens is 2. The van der Waals surface area contributed by atoms with Crippen LogP contribution in [0.1, 0.15) is 37.3 Å². The maximum Gasteiger partial charge on any atom is 0.245 e. The van der Waals surface area contributed by atoms with Crippen LogP contribution in [0.3, 0.4) is 0 Å². The highest BCUT2D eigenvalue weighted by atomic mass is 79.9. The SMILES string of the molecule is COc1ccc(CN2C(=O)C3(CCC3)S(=O)(=O)CC2(C)c2cc(Br)ccc2F)c(OC)c1. The van der Waals surface area contributed by atoms with Crippen LogP contribution in [0.15, 0.2) is 40.9 Å². The average Bonchev–Trinajstić information content (AvgIpc) is 2.71. The van der Waals surface area contributed by atoms with E-state index in [-0.39, 0.29) is 17.9 Å². The molecule has 172 valence electrons. The minimum atomic E-state index is -3.80. The van der Waals surface area contributed by atoms with Crippen LogP contribution < -0.4 is 9.47 Å². The van der Waals surface area contributed by atoms with Crippen molar-refractivity contribution in [1.82, 2.24) is 4.90 Å². The number of carbonyl (C=O) groups is 1. The molecule has 0 aromatic heterocycles. The molecule has 2 aliphatic rings. The number of sulfone groups is 1. The number of hydrogen-bond acceptors (Lipinski definition) is 5. The fourth-order valence-corrected chi connectivity index (χ4v) is 7.72. The van der Waals surface area contributed by atoms with E-state index >= 15 is 4.39 Å².